The molecule has 0 amide bonds. The summed E-state index contributed by atoms with van der Waals surface area (Å²) in [6, 6.07) is 1.23. The van der Waals surface area contributed by atoms with E-state index in [-0.39, 0.29) is 0 Å². The van der Waals surface area contributed by atoms with E-state index in [2.05, 4.69) is 19.2 Å². The Labute approximate surface area is 151 Å². The minimum atomic E-state index is 0.434. The lowest BCUT2D eigenvalue weighted by atomic mass is 9.78. The van der Waals surface area contributed by atoms with Gasteiger partial charge in [-0.2, -0.15) is 0 Å². The molecule has 2 fully saturated rings. The van der Waals surface area contributed by atoms with Gasteiger partial charge in [-0.1, -0.05) is 65.2 Å². The molecule has 3 N–H and O–H groups in total. The third-order valence-corrected chi connectivity index (χ3v) is 6.85. The Morgan fingerprint density at radius 1 is 0.917 bits per heavy atom. The summed E-state index contributed by atoms with van der Waals surface area (Å²) in [7, 11) is 0. The van der Waals surface area contributed by atoms with Crippen molar-refractivity contribution in [1.82, 2.24) is 5.32 Å². The maximum Gasteiger partial charge on any atom is 0.00698 e. The largest absolute Gasteiger partial charge is 0.327 e. The normalized spacial score (nSPS) is 27.1. The number of hydrogen-bond donors (Lipinski definition) is 2. The molecule has 2 nitrogen and oxygen atoms in total. The highest BCUT2D eigenvalue weighted by molar-refractivity contribution is 4.82. The molecule has 2 aliphatic carbocycles. The minimum absolute atomic E-state index is 0.434. The monoisotopic (exact) mass is 336 g/mol. The number of rotatable bonds is 13. The summed E-state index contributed by atoms with van der Waals surface area (Å²) in [5.41, 5.74) is 6.58. The van der Waals surface area contributed by atoms with Crippen molar-refractivity contribution in [2.24, 2.45) is 23.5 Å². The van der Waals surface area contributed by atoms with Crippen molar-refractivity contribution in [3.05, 3.63) is 0 Å². The fourth-order valence-electron chi connectivity index (χ4n) is 4.88. The van der Waals surface area contributed by atoms with E-state index >= 15 is 0 Å². The summed E-state index contributed by atoms with van der Waals surface area (Å²) in [6.07, 6.45) is 19.4. The van der Waals surface area contributed by atoms with E-state index in [1.54, 1.807) is 0 Å². The van der Waals surface area contributed by atoms with Gasteiger partial charge >= 0.3 is 0 Å². The molecule has 0 aromatic heterocycles. The van der Waals surface area contributed by atoms with Gasteiger partial charge in [0.2, 0.25) is 0 Å². The first-order valence-corrected chi connectivity index (χ1v) is 11.2. The molecule has 2 saturated carbocycles. The SMILES string of the molecule is CCCCC(N)C(CCNC1CCC(CCC)C1)CCC1CCC1. The van der Waals surface area contributed by atoms with Crippen LogP contribution in [0, 0.1) is 17.8 Å². The molecule has 0 aromatic rings. The van der Waals surface area contributed by atoms with Crippen LogP contribution in [0.5, 0.6) is 0 Å². The van der Waals surface area contributed by atoms with E-state index in [0.29, 0.717) is 6.04 Å². The molecule has 2 aliphatic rings. The van der Waals surface area contributed by atoms with Crippen molar-refractivity contribution in [1.29, 1.82) is 0 Å². The van der Waals surface area contributed by atoms with E-state index in [0.717, 1.165) is 23.8 Å². The number of nitrogens with one attached hydrogen (secondary N) is 1. The predicted molar refractivity (Wildman–Crippen MR) is 106 cm³/mol. The topological polar surface area (TPSA) is 38.0 Å². The van der Waals surface area contributed by atoms with Gasteiger partial charge in [-0.25, -0.2) is 0 Å². The first-order chi connectivity index (χ1) is 11.7. The molecule has 4 atom stereocenters. The van der Waals surface area contributed by atoms with Crippen molar-refractivity contribution in [2.75, 3.05) is 6.54 Å². The van der Waals surface area contributed by atoms with Gasteiger partial charge in [0.25, 0.3) is 0 Å². The van der Waals surface area contributed by atoms with E-state index < -0.39 is 0 Å². The Kier molecular flexibility index (Phi) is 9.71. The summed E-state index contributed by atoms with van der Waals surface area (Å²) in [5, 5.41) is 3.87. The molecule has 4 unspecified atom stereocenters. The van der Waals surface area contributed by atoms with Crippen molar-refractivity contribution >= 4 is 0 Å². The van der Waals surface area contributed by atoms with Gasteiger partial charge in [-0.15, -0.1) is 0 Å². The average Bonchev–Trinajstić information content (AvgIpc) is 2.97. The Bertz CT molecular complexity index is 313. The fraction of sp³-hybridized carbons (Fsp3) is 1.00. The van der Waals surface area contributed by atoms with Gasteiger partial charge in [0, 0.05) is 12.1 Å². The molecule has 0 spiro atoms. The van der Waals surface area contributed by atoms with Crippen molar-refractivity contribution in [2.45, 2.75) is 116 Å². The molecule has 0 heterocycles. The second-order valence-corrected chi connectivity index (χ2v) is 8.85. The Morgan fingerprint density at radius 3 is 2.42 bits per heavy atom. The summed E-state index contributed by atoms with van der Waals surface area (Å²) in [6.45, 7) is 5.80. The fourth-order valence-corrected chi connectivity index (χ4v) is 4.88. The van der Waals surface area contributed by atoms with Gasteiger partial charge in [-0.05, 0) is 62.8 Å². The van der Waals surface area contributed by atoms with Crippen LogP contribution in [0.2, 0.25) is 0 Å². The maximum atomic E-state index is 6.58. The van der Waals surface area contributed by atoms with Crippen LogP contribution in [-0.4, -0.2) is 18.6 Å². The molecule has 2 heteroatoms. The zero-order valence-corrected chi connectivity index (χ0v) is 16.6. The van der Waals surface area contributed by atoms with E-state index in [9.17, 15) is 0 Å². The van der Waals surface area contributed by atoms with Crippen LogP contribution >= 0.6 is 0 Å². The molecular weight excluding hydrogens is 292 g/mol. The van der Waals surface area contributed by atoms with E-state index in [4.69, 9.17) is 5.73 Å². The standard InChI is InChI=1S/C22H44N2/c1-3-5-10-22(23)20(13-11-18-8-6-9-18)15-16-24-21-14-12-19(17-21)7-4-2/h18-22,24H,3-17,23H2,1-2H3. The highest BCUT2D eigenvalue weighted by atomic mass is 14.9. The molecule has 0 radical (unpaired) electrons. The van der Waals surface area contributed by atoms with Gasteiger partial charge in [-0.3, -0.25) is 0 Å². The van der Waals surface area contributed by atoms with E-state index in [1.165, 1.54) is 96.4 Å². The van der Waals surface area contributed by atoms with Crippen LogP contribution in [0.25, 0.3) is 0 Å². The van der Waals surface area contributed by atoms with Crippen molar-refractivity contribution < 1.29 is 0 Å². The van der Waals surface area contributed by atoms with Crippen LogP contribution in [0.4, 0.5) is 0 Å². The second kappa shape index (κ2) is 11.5. The quantitative estimate of drug-likeness (QED) is 0.456. The van der Waals surface area contributed by atoms with Gasteiger partial charge in [0.15, 0.2) is 0 Å². The summed E-state index contributed by atoms with van der Waals surface area (Å²) in [4.78, 5) is 0. The summed E-state index contributed by atoms with van der Waals surface area (Å²) < 4.78 is 0. The van der Waals surface area contributed by atoms with Crippen LogP contribution in [0.3, 0.4) is 0 Å². The number of unbranched alkanes of at least 4 members (excludes halogenated alkanes) is 1. The lowest BCUT2D eigenvalue weighted by molar-refractivity contribution is 0.245. The van der Waals surface area contributed by atoms with Gasteiger partial charge in [0.1, 0.15) is 0 Å². The van der Waals surface area contributed by atoms with Crippen molar-refractivity contribution in [3.63, 3.8) is 0 Å². The predicted octanol–water partition coefficient (Wildman–Crippen LogP) is 5.65. The third-order valence-electron chi connectivity index (χ3n) is 6.85. The minimum Gasteiger partial charge on any atom is -0.327 e. The molecule has 24 heavy (non-hydrogen) atoms. The summed E-state index contributed by atoms with van der Waals surface area (Å²) >= 11 is 0. The molecule has 142 valence electrons. The first kappa shape index (κ1) is 20.2. The maximum absolute atomic E-state index is 6.58. The molecule has 2 rings (SSSR count). The lowest BCUT2D eigenvalue weighted by Gasteiger charge is -2.30. The number of nitrogens with two attached hydrogens (primary N) is 1. The van der Waals surface area contributed by atoms with Gasteiger partial charge < -0.3 is 11.1 Å². The number of hydrogen-bond acceptors (Lipinski definition) is 2. The van der Waals surface area contributed by atoms with E-state index in [1.807, 2.05) is 0 Å². The summed E-state index contributed by atoms with van der Waals surface area (Å²) in [5.74, 6) is 2.77. The Morgan fingerprint density at radius 2 is 1.75 bits per heavy atom. The highest BCUT2D eigenvalue weighted by Gasteiger charge is 2.25. The zero-order valence-electron chi connectivity index (χ0n) is 16.6. The van der Waals surface area contributed by atoms with Crippen LogP contribution in [0.1, 0.15) is 104 Å². The smallest absolute Gasteiger partial charge is 0.00698 e. The highest BCUT2D eigenvalue weighted by Crippen LogP contribution is 2.33. The molecule has 0 aromatic carbocycles. The molecule has 0 saturated heterocycles. The van der Waals surface area contributed by atoms with Crippen LogP contribution in [0.15, 0.2) is 0 Å². The molecular formula is C22H44N2. The first-order valence-electron chi connectivity index (χ1n) is 11.2. The Balaban J connectivity index is 1.66. The zero-order chi connectivity index (χ0) is 17.2. The van der Waals surface area contributed by atoms with Crippen molar-refractivity contribution in [3.8, 4) is 0 Å². The Hall–Kier alpha value is -0.0800. The van der Waals surface area contributed by atoms with Crippen LogP contribution < -0.4 is 11.1 Å². The third kappa shape index (κ3) is 7.04. The lowest BCUT2D eigenvalue weighted by Crippen LogP contribution is -2.35. The molecule has 0 bridgehead atoms. The van der Waals surface area contributed by atoms with Gasteiger partial charge in [0.05, 0.1) is 0 Å². The van der Waals surface area contributed by atoms with Crippen LogP contribution in [-0.2, 0) is 0 Å². The molecule has 0 aliphatic heterocycles. The second-order valence-electron chi connectivity index (χ2n) is 8.85. The average molecular weight is 337 g/mol.